The molecule has 150 valence electrons. The van der Waals surface area contributed by atoms with E-state index >= 15 is 0 Å². The Hall–Kier alpha value is -2.37. The topological polar surface area (TPSA) is 56.4 Å². The number of nitrogens with zero attached hydrogens (tertiary/aromatic N) is 2. The fourth-order valence-electron chi connectivity index (χ4n) is 5.31. The second-order valence-corrected chi connectivity index (χ2v) is 8.28. The summed E-state index contributed by atoms with van der Waals surface area (Å²) in [5.41, 5.74) is 1.08. The molecule has 1 spiro atoms. The molecule has 0 radical (unpaired) electrons. The van der Waals surface area contributed by atoms with Crippen LogP contribution in [-0.2, 0) is 4.79 Å². The highest BCUT2D eigenvalue weighted by Gasteiger charge is 2.50. The molecule has 6 heteroatoms. The molecule has 5 nitrogen and oxygen atoms in total. The number of nitrogens with one attached hydrogen (secondary N) is 1. The van der Waals surface area contributed by atoms with Gasteiger partial charge in [0.25, 0.3) is 5.91 Å². The van der Waals surface area contributed by atoms with Crippen LogP contribution < -0.4 is 0 Å². The number of rotatable bonds is 3. The van der Waals surface area contributed by atoms with Gasteiger partial charge >= 0.3 is 0 Å². The molecule has 1 aromatic carbocycles. The number of halogens is 1. The van der Waals surface area contributed by atoms with Crippen molar-refractivity contribution in [2.24, 2.45) is 0 Å². The van der Waals surface area contributed by atoms with E-state index in [-0.39, 0.29) is 29.2 Å². The number of amides is 2. The number of hydrogen-bond acceptors (Lipinski definition) is 2. The third-order valence-corrected chi connectivity index (χ3v) is 6.61. The minimum atomic E-state index is -0.310. The summed E-state index contributed by atoms with van der Waals surface area (Å²) in [4.78, 5) is 32.7. The molecule has 1 aliphatic heterocycles. The van der Waals surface area contributed by atoms with Crippen molar-refractivity contribution in [1.29, 1.82) is 0 Å². The Balaban J connectivity index is 1.67. The van der Waals surface area contributed by atoms with Crippen LogP contribution in [0.1, 0.15) is 62.9 Å². The molecule has 2 amide bonds. The van der Waals surface area contributed by atoms with E-state index in [1.54, 1.807) is 19.1 Å². The van der Waals surface area contributed by atoms with Crippen molar-refractivity contribution in [2.45, 2.75) is 64.0 Å². The first-order chi connectivity index (χ1) is 13.4. The third-order valence-electron chi connectivity index (χ3n) is 6.61. The van der Waals surface area contributed by atoms with Crippen molar-refractivity contribution >= 4 is 22.7 Å². The maximum Gasteiger partial charge on any atom is 0.270 e. The van der Waals surface area contributed by atoms with Crippen molar-refractivity contribution in [1.82, 2.24) is 14.8 Å². The van der Waals surface area contributed by atoms with Gasteiger partial charge in [-0.15, -0.1) is 0 Å². The number of fused-ring (bicyclic) bond motifs is 1. The lowest BCUT2D eigenvalue weighted by Gasteiger charge is -2.41. The molecule has 1 N–H and O–H groups in total. The van der Waals surface area contributed by atoms with E-state index in [1.807, 2.05) is 16.7 Å². The number of benzene rings is 1. The van der Waals surface area contributed by atoms with Crippen LogP contribution in [0.2, 0.25) is 0 Å². The van der Waals surface area contributed by atoms with Gasteiger partial charge in [-0.2, -0.15) is 0 Å². The Bertz CT molecular complexity index is 900. The van der Waals surface area contributed by atoms with E-state index in [9.17, 15) is 14.0 Å². The lowest BCUT2D eigenvalue weighted by Crippen LogP contribution is -2.48. The Morgan fingerprint density at radius 3 is 2.68 bits per heavy atom. The molecule has 2 heterocycles. The molecule has 0 bridgehead atoms. The molecule has 1 aromatic heterocycles. The third kappa shape index (κ3) is 3.19. The zero-order valence-corrected chi connectivity index (χ0v) is 16.6. The second kappa shape index (κ2) is 7.22. The fraction of sp³-hybridized carbons (Fsp3) is 0.545. The number of carbonyl (C=O) groups excluding carboxylic acids is 2. The van der Waals surface area contributed by atoms with Gasteiger partial charge in [-0.3, -0.25) is 9.59 Å². The second-order valence-electron chi connectivity index (χ2n) is 8.28. The first-order valence-electron chi connectivity index (χ1n) is 10.3. The SMILES string of the molecule is CCN(C(C)=O)C1CN(C(=O)c2cc3cc(F)ccc3[nH]2)C2(CCCCC2)C1. The summed E-state index contributed by atoms with van der Waals surface area (Å²) in [5, 5.41) is 0.704. The lowest BCUT2D eigenvalue weighted by atomic mass is 9.79. The van der Waals surface area contributed by atoms with Crippen molar-refractivity contribution in [2.75, 3.05) is 13.1 Å². The van der Waals surface area contributed by atoms with Gasteiger partial charge in [-0.05, 0) is 50.5 Å². The molecule has 1 aliphatic carbocycles. The highest BCUT2D eigenvalue weighted by Crippen LogP contribution is 2.43. The molecule has 2 aromatic rings. The molecular weight excluding hydrogens is 357 g/mol. The average Bonchev–Trinajstić information content (AvgIpc) is 3.24. The minimum absolute atomic E-state index is 0.0411. The van der Waals surface area contributed by atoms with Gasteiger partial charge < -0.3 is 14.8 Å². The van der Waals surface area contributed by atoms with E-state index in [0.717, 1.165) is 37.6 Å². The van der Waals surface area contributed by atoms with Crippen LogP contribution in [0.4, 0.5) is 4.39 Å². The summed E-state index contributed by atoms with van der Waals surface area (Å²) in [6, 6.07) is 6.31. The maximum atomic E-state index is 13.5. The van der Waals surface area contributed by atoms with Crippen molar-refractivity contribution < 1.29 is 14.0 Å². The number of aromatic amines is 1. The number of hydrogen-bond donors (Lipinski definition) is 1. The molecule has 2 aliphatic rings. The molecule has 1 atom stereocenters. The molecular formula is C22H28FN3O2. The van der Waals surface area contributed by atoms with E-state index in [2.05, 4.69) is 4.98 Å². The number of likely N-dealkylation sites (N-methyl/N-ethyl adjacent to an activating group) is 1. The number of likely N-dealkylation sites (tertiary alicyclic amines) is 1. The molecule has 1 unspecified atom stereocenters. The summed E-state index contributed by atoms with van der Waals surface area (Å²) in [5.74, 6) is -0.287. The number of aromatic nitrogens is 1. The highest BCUT2D eigenvalue weighted by molar-refractivity contribution is 5.98. The van der Waals surface area contributed by atoms with Crippen LogP contribution in [0.3, 0.4) is 0 Å². The fourth-order valence-corrected chi connectivity index (χ4v) is 5.31. The van der Waals surface area contributed by atoms with E-state index < -0.39 is 0 Å². The average molecular weight is 385 g/mol. The van der Waals surface area contributed by atoms with Gasteiger partial charge in [-0.1, -0.05) is 19.3 Å². The molecule has 1 saturated heterocycles. The summed E-state index contributed by atoms with van der Waals surface area (Å²) in [6.07, 6.45) is 6.24. The minimum Gasteiger partial charge on any atom is -0.351 e. The Morgan fingerprint density at radius 1 is 1.25 bits per heavy atom. The van der Waals surface area contributed by atoms with Crippen molar-refractivity contribution in [3.05, 3.63) is 35.8 Å². The predicted molar refractivity (Wildman–Crippen MR) is 107 cm³/mol. The monoisotopic (exact) mass is 385 g/mol. The number of H-pyrrole nitrogens is 1. The normalized spacial score (nSPS) is 21.4. The van der Waals surface area contributed by atoms with Crippen molar-refractivity contribution in [3.63, 3.8) is 0 Å². The quantitative estimate of drug-likeness (QED) is 0.865. The number of carbonyl (C=O) groups is 2. The first kappa shape index (κ1) is 19.0. The summed E-state index contributed by atoms with van der Waals surface area (Å²) in [6.45, 7) is 4.82. The zero-order chi connectivity index (χ0) is 19.9. The van der Waals surface area contributed by atoms with Crippen LogP contribution in [0.15, 0.2) is 24.3 Å². The smallest absolute Gasteiger partial charge is 0.270 e. The Morgan fingerprint density at radius 2 is 2.00 bits per heavy atom. The van der Waals surface area contributed by atoms with Gasteiger partial charge in [0.2, 0.25) is 5.91 Å². The van der Waals surface area contributed by atoms with Crippen LogP contribution in [0.5, 0.6) is 0 Å². The lowest BCUT2D eigenvalue weighted by molar-refractivity contribution is -0.130. The standard InChI is InChI=1S/C22H28FN3O2/c1-3-25(15(2)27)18-13-22(9-5-4-6-10-22)26(14-18)21(28)20-12-16-11-17(23)7-8-19(16)24-20/h7-8,11-12,18,24H,3-6,9-10,13-14H2,1-2H3. The molecule has 4 rings (SSSR count). The largest absolute Gasteiger partial charge is 0.351 e. The molecule has 2 fully saturated rings. The molecule has 1 saturated carbocycles. The van der Waals surface area contributed by atoms with Crippen LogP contribution in [0.25, 0.3) is 10.9 Å². The van der Waals surface area contributed by atoms with E-state index in [4.69, 9.17) is 0 Å². The van der Waals surface area contributed by atoms with E-state index in [0.29, 0.717) is 24.2 Å². The Kier molecular flexibility index (Phi) is 4.89. The predicted octanol–water partition coefficient (Wildman–Crippen LogP) is 4.09. The van der Waals surface area contributed by atoms with Gasteiger partial charge in [0.05, 0.1) is 6.04 Å². The summed E-state index contributed by atoms with van der Waals surface area (Å²) < 4.78 is 13.5. The van der Waals surface area contributed by atoms with Gasteiger partial charge in [0, 0.05) is 36.5 Å². The molecule has 28 heavy (non-hydrogen) atoms. The van der Waals surface area contributed by atoms with Crippen LogP contribution in [-0.4, -0.2) is 51.3 Å². The van der Waals surface area contributed by atoms with Gasteiger partial charge in [-0.25, -0.2) is 4.39 Å². The van der Waals surface area contributed by atoms with Crippen molar-refractivity contribution in [3.8, 4) is 0 Å². The van der Waals surface area contributed by atoms with Gasteiger partial charge in [0.15, 0.2) is 0 Å². The zero-order valence-electron chi connectivity index (χ0n) is 16.6. The van der Waals surface area contributed by atoms with Gasteiger partial charge in [0.1, 0.15) is 11.5 Å². The van der Waals surface area contributed by atoms with E-state index in [1.165, 1.54) is 18.6 Å². The highest BCUT2D eigenvalue weighted by atomic mass is 19.1. The Labute approximate surface area is 164 Å². The summed E-state index contributed by atoms with van der Waals surface area (Å²) in [7, 11) is 0. The summed E-state index contributed by atoms with van der Waals surface area (Å²) >= 11 is 0. The van der Waals surface area contributed by atoms with Crippen LogP contribution >= 0.6 is 0 Å². The first-order valence-corrected chi connectivity index (χ1v) is 10.3. The maximum absolute atomic E-state index is 13.5. The van der Waals surface area contributed by atoms with Crippen LogP contribution in [0, 0.1) is 5.82 Å².